The molecular formula is C25H32N4O7. The lowest BCUT2D eigenvalue weighted by Crippen LogP contribution is -2.56. The molecule has 1 aromatic carbocycles. The smallest absolute Gasteiger partial charge is 0.274 e. The first-order valence-electron chi connectivity index (χ1n) is 11.6. The van der Waals surface area contributed by atoms with Crippen molar-refractivity contribution in [2.45, 2.75) is 57.8 Å². The zero-order valence-electron chi connectivity index (χ0n) is 21.0. The minimum atomic E-state index is -1.08. The van der Waals surface area contributed by atoms with Crippen molar-refractivity contribution < 1.29 is 33.2 Å². The zero-order chi connectivity index (χ0) is 26.5. The lowest BCUT2D eigenvalue weighted by molar-refractivity contribution is -0.133. The predicted octanol–water partition coefficient (Wildman–Crippen LogP) is 0.626. The number of hydrogen-bond donors (Lipinski definition) is 3. The van der Waals surface area contributed by atoms with Crippen molar-refractivity contribution in [2.24, 2.45) is 0 Å². The van der Waals surface area contributed by atoms with Gasteiger partial charge in [-0.2, -0.15) is 0 Å². The molecule has 2 aromatic rings. The molecule has 36 heavy (non-hydrogen) atoms. The molecule has 4 atom stereocenters. The lowest BCUT2D eigenvalue weighted by Gasteiger charge is -2.24. The Kier molecular flexibility index (Phi) is 8.59. The number of methoxy groups -OCH3 is 1. The summed E-state index contributed by atoms with van der Waals surface area (Å²) in [7, 11) is 1.38. The van der Waals surface area contributed by atoms with Crippen LogP contribution in [0.1, 0.15) is 41.2 Å². The van der Waals surface area contributed by atoms with Crippen molar-refractivity contribution in [1.82, 2.24) is 21.1 Å². The van der Waals surface area contributed by atoms with E-state index in [0.29, 0.717) is 12.4 Å². The number of hydrogen-bond acceptors (Lipinski definition) is 8. The molecule has 1 saturated heterocycles. The van der Waals surface area contributed by atoms with Gasteiger partial charge in [-0.25, -0.2) is 0 Å². The first-order chi connectivity index (χ1) is 17.0. The summed E-state index contributed by atoms with van der Waals surface area (Å²) in [5, 5.41) is 11.5. The van der Waals surface area contributed by atoms with Crippen LogP contribution in [0.3, 0.4) is 0 Å². The Labute approximate surface area is 209 Å². The highest BCUT2D eigenvalue weighted by Crippen LogP contribution is 2.29. The van der Waals surface area contributed by atoms with Crippen LogP contribution in [0.15, 0.2) is 34.9 Å². The third-order valence-corrected chi connectivity index (χ3v) is 5.86. The van der Waals surface area contributed by atoms with E-state index in [-0.39, 0.29) is 24.5 Å². The summed E-state index contributed by atoms with van der Waals surface area (Å²) in [5.41, 5.74) is 1.05. The van der Waals surface area contributed by atoms with Gasteiger partial charge in [-0.15, -0.1) is 0 Å². The minimum Gasteiger partial charge on any atom is -0.382 e. The van der Waals surface area contributed by atoms with E-state index in [1.165, 1.54) is 20.1 Å². The van der Waals surface area contributed by atoms with Gasteiger partial charge >= 0.3 is 0 Å². The quantitative estimate of drug-likeness (QED) is 0.359. The van der Waals surface area contributed by atoms with E-state index < -0.39 is 41.4 Å². The number of ether oxygens (including phenoxy) is 2. The zero-order valence-corrected chi connectivity index (χ0v) is 21.0. The molecule has 0 spiro atoms. The maximum Gasteiger partial charge on any atom is 0.274 e. The first kappa shape index (κ1) is 27.0. The molecule has 3 amide bonds. The van der Waals surface area contributed by atoms with Crippen LogP contribution < -0.4 is 16.0 Å². The van der Waals surface area contributed by atoms with Crippen molar-refractivity contribution >= 4 is 23.5 Å². The number of rotatable bonds is 12. The fraction of sp³-hybridized carbons (Fsp3) is 0.480. The Balaban J connectivity index is 1.63. The number of benzene rings is 1. The van der Waals surface area contributed by atoms with Gasteiger partial charge < -0.3 is 29.9 Å². The second-order valence-electron chi connectivity index (χ2n) is 9.17. The van der Waals surface area contributed by atoms with Gasteiger partial charge in [0.1, 0.15) is 23.4 Å². The van der Waals surface area contributed by atoms with Crippen molar-refractivity contribution in [1.29, 1.82) is 0 Å². The Morgan fingerprint density at radius 3 is 2.28 bits per heavy atom. The number of aryl methyl sites for hydroxylation is 2. The fourth-order valence-corrected chi connectivity index (χ4v) is 3.52. The molecule has 1 aromatic heterocycles. The third-order valence-electron chi connectivity index (χ3n) is 5.86. The van der Waals surface area contributed by atoms with Crippen LogP contribution in [-0.2, 0) is 30.3 Å². The molecule has 1 aliphatic heterocycles. The second kappa shape index (κ2) is 11.4. The SMILES string of the molecule is COCC(NC(=O)c1cc(C)on1)C(=O)N[C@@H](C)C(=O)NC(Cc1ccc(C)cc1)C(=O)[C@@]1(C)CO1. The molecule has 2 heterocycles. The van der Waals surface area contributed by atoms with Crippen LogP contribution >= 0.6 is 0 Å². The molecule has 1 fully saturated rings. The van der Waals surface area contributed by atoms with Crippen molar-refractivity contribution in [2.75, 3.05) is 20.3 Å². The standard InChI is InChI=1S/C25H32N4O7/c1-14-6-8-17(9-7-14)11-18(21(30)25(4)13-35-25)27-22(31)16(3)26-24(33)20(12-34-5)28-23(32)19-10-15(2)36-29-19/h6-10,16,18,20H,11-13H2,1-5H3,(H,26,33)(H,27,31)(H,28,32)/t16-,18?,20?,25+/m0/s1. The Hall–Kier alpha value is -3.57. The number of amides is 3. The minimum absolute atomic E-state index is 0.0143. The summed E-state index contributed by atoms with van der Waals surface area (Å²) >= 11 is 0. The number of carbonyl (C=O) groups excluding carboxylic acids is 4. The van der Waals surface area contributed by atoms with E-state index in [0.717, 1.165) is 11.1 Å². The molecular weight excluding hydrogens is 468 g/mol. The Morgan fingerprint density at radius 1 is 1.06 bits per heavy atom. The molecule has 11 heteroatoms. The lowest BCUT2D eigenvalue weighted by atomic mass is 9.94. The number of ketones is 1. The highest BCUT2D eigenvalue weighted by molar-refractivity contribution is 5.99. The van der Waals surface area contributed by atoms with Gasteiger partial charge in [0.25, 0.3) is 5.91 Å². The van der Waals surface area contributed by atoms with Crippen molar-refractivity contribution in [3.8, 4) is 0 Å². The van der Waals surface area contributed by atoms with Gasteiger partial charge in [-0.1, -0.05) is 35.0 Å². The normalized spacial score (nSPS) is 19.0. The van der Waals surface area contributed by atoms with Gasteiger partial charge in [0.2, 0.25) is 11.8 Å². The number of Topliss-reactive ketones (excluding diaryl/α,β-unsaturated/α-hetero) is 1. The van der Waals surface area contributed by atoms with E-state index in [9.17, 15) is 19.2 Å². The molecule has 3 rings (SSSR count). The molecule has 11 nitrogen and oxygen atoms in total. The highest BCUT2D eigenvalue weighted by atomic mass is 16.6. The number of epoxide rings is 1. The summed E-state index contributed by atoms with van der Waals surface area (Å²) in [6.07, 6.45) is 0.282. The molecule has 2 unspecified atom stereocenters. The molecule has 0 radical (unpaired) electrons. The van der Waals surface area contributed by atoms with Crippen molar-refractivity contribution in [3.63, 3.8) is 0 Å². The van der Waals surface area contributed by atoms with E-state index in [4.69, 9.17) is 14.0 Å². The van der Waals surface area contributed by atoms with Gasteiger partial charge in [-0.05, 0) is 39.7 Å². The molecule has 194 valence electrons. The summed E-state index contributed by atoms with van der Waals surface area (Å²) in [6.45, 7) is 6.93. The summed E-state index contributed by atoms with van der Waals surface area (Å²) < 4.78 is 15.2. The van der Waals surface area contributed by atoms with Gasteiger partial charge in [-0.3, -0.25) is 19.2 Å². The van der Waals surface area contributed by atoms with E-state index in [1.807, 2.05) is 31.2 Å². The third kappa shape index (κ3) is 6.98. The van der Waals surface area contributed by atoms with Crippen LogP contribution in [-0.4, -0.2) is 72.7 Å². The number of carbonyl (C=O) groups is 4. The monoisotopic (exact) mass is 500 g/mol. The molecule has 0 saturated carbocycles. The van der Waals surface area contributed by atoms with Crippen LogP contribution in [0.5, 0.6) is 0 Å². The summed E-state index contributed by atoms with van der Waals surface area (Å²) in [5.74, 6) is -1.59. The van der Waals surface area contributed by atoms with Crippen LogP contribution in [0.25, 0.3) is 0 Å². The van der Waals surface area contributed by atoms with E-state index in [2.05, 4.69) is 21.1 Å². The summed E-state index contributed by atoms with van der Waals surface area (Å²) in [6, 6.07) is 6.18. The average Bonchev–Trinajstić information content (AvgIpc) is 3.44. The van der Waals surface area contributed by atoms with Gasteiger partial charge in [0.05, 0.1) is 19.3 Å². The van der Waals surface area contributed by atoms with E-state index in [1.54, 1.807) is 13.8 Å². The number of aromatic nitrogens is 1. The van der Waals surface area contributed by atoms with Gasteiger partial charge in [0.15, 0.2) is 11.5 Å². The van der Waals surface area contributed by atoms with Crippen molar-refractivity contribution in [3.05, 3.63) is 52.9 Å². The second-order valence-corrected chi connectivity index (χ2v) is 9.17. The largest absolute Gasteiger partial charge is 0.382 e. The van der Waals surface area contributed by atoms with Crippen LogP contribution in [0.4, 0.5) is 0 Å². The first-order valence-corrected chi connectivity index (χ1v) is 11.6. The Bertz CT molecular complexity index is 1110. The number of nitrogens with zero attached hydrogens (tertiary/aromatic N) is 1. The van der Waals surface area contributed by atoms with Crippen LogP contribution in [0.2, 0.25) is 0 Å². The molecule has 0 bridgehead atoms. The van der Waals surface area contributed by atoms with Crippen LogP contribution in [0, 0.1) is 13.8 Å². The highest BCUT2D eigenvalue weighted by Gasteiger charge is 2.50. The number of nitrogens with one attached hydrogen (secondary N) is 3. The average molecular weight is 501 g/mol. The maximum absolute atomic E-state index is 13.0. The van der Waals surface area contributed by atoms with E-state index >= 15 is 0 Å². The topological polar surface area (TPSA) is 152 Å². The Morgan fingerprint density at radius 2 is 1.72 bits per heavy atom. The van der Waals surface area contributed by atoms with Gasteiger partial charge in [0, 0.05) is 13.2 Å². The maximum atomic E-state index is 13.0. The molecule has 1 aliphatic rings. The molecule has 0 aliphatic carbocycles. The predicted molar refractivity (Wildman–Crippen MR) is 128 cm³/mol. The summed E-state index contributed by atoms with van der Waals surface area (Å²) in [4.78, 5) is 51.2. The fourth-order valence-electron chi connectivity index (χ4n) is 3.52. The molecule has 3 N–H and O–H groups in total.